The van der Waals surface area contributed by atoms with Gasteiger partial charge in [0.15, 0.2) is 0 Å². The SMILES string of the molecule is Cc1cc(C)c(B(c2ccc(-c3cc(CO)nc(CO)c3)cc2)c2c(C)cc(C)cc2C)c(C)c1. The second-order valence-electron chi connectivity index (χ2n) is 9.83. The summed E-state index contributed by atoms with van der Waals surface area (Å²) in [6.45, 7) is 13.0. The molecule has 178 valence electrons. The lowest BCUT2D eigenvalue weighted by Crippen LogP contribution is -2.55. The van der Waals surface area contributed by atoms with Crippen LogP contribution in [-0.4, -0.2) is 21.9 Å². The van der Waals surface area contributed by atoms with Crippen molar-refractivity contribution >= 4 is 23.1 Å². The molecule has 0 spiro atoms. The van der Waals surface area contributed by atoms with Crippen LogP contribution in [0.15, 0.2) is 60.7 Å². The lowest BCUT2D eigenvalue weighted by Gasteiger charge is -2.24. The second kappa shape index (κ2) is 10.2. The van der Waals surface area contributed by atoms with Gasteiger partial charge in [-0.15, -0.1) is 0 Å². The van der Waals surface area contributed by atoms with Gasteiger partial charge in [0, 0.05) is 0 Å². The Bertz CT molecular complexity index is 1250. The van der Waals surface area contributed by atoms with Crippen molar-refractivity contribution in [1.29, 1.82) is 0 Å². The van der Waals surface area contributed by atoms with Crippen molar-refractivity contribution in [1.82, 2.24) is 4.98 Å². The fourth-order valence-electron chi connectivity index (χ4n) is 5.62. The summed E-state index contributed by atoms with van der Waals surface area (Å²) in [5.41, 5.74) is 14.9. The molecule has 0 radical (unpaired) electrons. The molecule has 4 aromatic rings. The number of hydrogen-bond acceptors (Lipinski definition) is 3. The number of aryl methyl sites for hydroxylation is 6. The molecule has 4 rings (SSSR count). The molecule has 4 heteroatoms. The number of aromatic nitrogens is 1. The minimum atomic E-state index is -0.154. The van der Waals surface area contributed by atoms with Crippen molar-refractivity contribution in [3.05, 3.63) is 105 Å². The molecule has 3 aromatic carbocycles. The van der Waals surface area contributed by atoms with E-state index in [0.29, 0.717) is 11.4 Å². The van der Waals surface area contributed by atoms with Gasteiger partial charge >= 0.3 is 0 Å². The Morgan fingerprint density at radius 3 is 1.34 bits per heavy atom. The van der Waals surface area contributed by atoms with Crippen LogP contribution in [0.1, 0.15) is 44.8 Å². The standard InChI is InChI=1S/C31H34BNO2/c1-19-11-21(3)30(22(4)12-19)32(31-23(5)13-20(2)14-24(31)6)27-9-7-25(8-10-27)26-15-28(17-34)33-29(16-26)18-35/h7-16,34-35H,17-18H2,1-6H3. The first-order chi connectivity index (χ1) is 16.7. The van der Waals surface area contributed by atoms with Gasteiger partial charge in [-0.3, -0.25) is 4.98 Å². The highest BCUT2D eigenvalue weighted by Gasteiger charge is 2.28. The lowest BCUT2D eigenvalue weighted by molar-refractivity contribution is 0.265. The van der Waals surface area contributed by atoms with Gasteiger partial charge in [-0.1, -0.05) is 98.3 Å². The number of aliphatic hydroxyl groups is 2. The molecular weight excluding hydrogens is 429 g/mol. The summed E-state index contributed by atoms with van der Waals surface area (Å²) in [6.07, 6.45) is 0. The topological polar surface area (TPSA) is 53.4 Å². The van der Waals surface area contributed by atoms with E-state index in [9.17, 15) is 10.2 Å². The van der Waals surface area contributed by atoms with Gasteiger partial charge in [-0.2, -0.15) is 0 Å². The highest BCUT2D eigenvalue weighted by Crippen LogP contribution is 2.21. The summed E-state index contributed by atoms with van der Waals surface area (Å²) >= 11 is 0. The Balaban J connectivity index is 1.89. The minimum absolute atomic E-state index is 0.128. The van der Waals surface area contributed by atoms with Crippen LogP contribution in [-0.2, 0) is 13.2 Å². The Hall–Kier alpha value is -3.21. The van der Waals surface area contributed by atoms with E-state index in [4.69, 9.17) is 0 Å². The third-order valence-corrected chi connectivity index (χ3v) is 6.89. The maximum atomic E-state index is 9.60. The van der Waals surface area contributed by atoms with Crippen molar-refractivity contribution in [2.45, 2.75) is 54.8 Å². The van der Waals surface area contributed by atoms with Crippen molar-refractivity contribution < 1.29 is 10.2 Å². The summed E-state index contributed by atoms with van der Waals surface area (Å²) in [5, 5.41) is 19.2. The molecule has 3 nitrogen and oxygen atoms in total. The highest BCUT2D eigenvalue weighted by atomic mass is 16.3. The van der Waals surface area contributed by atoms with Gasteiger partial charge in [-0.25, -0.2) is 0 Å². The predicted octanol–water partition coefficient (Wildman–Crippen LogP) is 4.10. The van der Waals surface area contributed by atoms with E-state index in [0.717, 1.165) is 11.1 Å². The summed E-state index contributed by atoms with van der Waals surface area (Å²) in [6, 6.07) is 21.6. The lowest BCUT2D eigenvalue weighted by atomic mass is 9.34. The molecule has 1 aromatic heterocycles. The van der Waals surface area contributed by atoms with Crippen molar-refractivity contribution in [3.8, 4) is 11.1 Å². The first kappa shape index (κ1) is 24.9. The Kier molecular flexibility index (Phi) is 7.25. The molecule has 0 bridgehead atoms. The largest absolute Gasteiger partial charge is 0.390 e. The Morgan fingerprint density at radius 2 is 0.971 bits per heavy atom. The molecule has 1 heterocycles. The number of rotatable bonds is 6. The molecule has 2 N–H and O–H groups in total. The third-order valence-electron chi connectivity index (χ3n) is 6.89. The van der Waals surface area contributed by atoms with Crippen LogP contribution in [0.5, 0.6) is 0 Å². The predicted molar refractivity (Wildman–Crippen MR) is 147 cm³/mol. The first-order valence-corrected chi connectivity index (χ1v) is 12.2. The average molecular weight is 463 g/mol. The quantitative estimate of drug-likeness (QED) is 0.424. The average Bonchev–Trinajstić information content (AvgIpc) is 2.81. The summed E-state index contributed by atoms with van der Waals surface area (Å²) in [7, 11) is 0. The van der Waals surface area contributed by atoms with Crippen LogP contribution in [0, 0.1) is 41.5 Å². The van der Waals surface area contributed by atoms with Crippen molar-refractivity contribution in [2.24, 2.45) is 0 Å². The third kappa shape index (κ3) is 5.09. The molecule has 0 saturated carbocycles. The summed E-state index contributed by atoms with van der Waals surface area (Å²) in [5.74, 6) is 0. The number of hydrogen-bond donors (Lipinski definition) is 2. The number of aliphatic hydroxyl groups excluding tert-OH is 2. The number of nitrogens with zero attached hydrogens (tertiary/aromatic N) is 1. The molecular formula is C31H34BNO2. The fourth-order valence-corrected chi connectivity index (χ4v) is 5.62. The van der Waals surface area contributed by atoms with Gasteiger partial charge in [-0.05, 0) is 64.8 Å². The smallest absolute Gasteiger partial charge is 0.242 e. The zero-order valence-electron chi connectivity index (χ0n) is 21.6. The van der Waals surface area contributed by atoms with E-state index < -0.39 is 0 Å². The van der Waals surface area contributed by atoms with Gasteiger partial charge in [0.1, 0.15) is 0 Å². The molecule has 0 fully saturated rings. The first-order valence-electron chi connectivity index (χ1n) is 12.2. The number of pyridine rings is 1. The van der Waals surface area contributed by atoms with E-state index in [-0.39, 0.29) is 19.9 Å². The Morgan fingerprint density at radius 1 is 0.571 bits per heavy atom. The van der Waals surface area contributed by atoms with E-state index >= 15 is 0 Å². The molecule has 0 aliphatic heterocycles. The maximum Gasteiger partial charge on any atom is 0.242 e. The molecule has 35 heavy (non-hydrogen) atoms. The second-order valence-corrected chi connectivity index (χ2v) is 9.83. The minimum Gasteiger partial charge on any atom is -0.390 e. The van der Waals surface area contributed by atoms with Gasteiger partial charge in [0.25, 0.3) is 0 Å². The van der Waals surface area contributed by atoms with Crippen LogP contribution in [0.3, 0.4) is 0 Å². The summed E-state index contributed by atoms with van der Waals surface area (Å²) < 4.78 is 0. The van der Waals surface area contributed by atoms with Crippen LogP contribution in [0.4, 0.5) is 0 Å². The maximum absolute atomic E-state index is 9.60. The van der Waals surface area contributed by atoms with E-state index in [1.54, 1.807) is 0 Å². The van der Waals surface area contributed by atoms with Gasteiger partial charge < -0.3 is 10.2 Å². The van der Waals surface area contributed by atoms with Crippen LogP contribution >= 0.6 is 0 Å². The fraction of sp³-hybridized carbons (Fsp3) is 0.258. The summed E-state index contributed by atoms with van der Waals surface area (Å²) in [4.78, 5) is 4.27. The van der Waals surface area contributed by atoms with Crippen molar-refractivity contribution in [2.75, 3.05) is 0 Å². The molecule has 0 atom stereocenters. The number of benzene rings is 3. The van der Waals surface area contributed by atoms with E-state index in [1.807, 2.05) is 12.1 Å². The normalized spacial score (nSPS) is 11.1. The molecule has 0 unspecified atom stereocenters. The van der Waals surface area contributed by atoms with Gasteiger partial charge in [0.2, 0.25) is 6.71 Å². The molecule has 0 amide bonds. The highest BCUT2D eigenvalue weighted by molar-refractivity contribution is 6.96. The van der Waals surface area contributed by atoms with Crippen LogP contribution < -0.4 is 16.4 Å². The monoisotopic (exact) mass is 463 g/mol. The molecule has 0 aliphatic rings. The van der Waals surface area contributed by atoms with Crippen LogP contribution in [0.2, 0.25) is 0 Å². The molecule has 0 saturated heterocycles. The van der Waals surface area contributed by atoms with Crippen LogP contribution in [0.25, 0.3) is 11.1 Å². The van der Waals surface area contributed by atoms with Gasteiger partial charge in [0.05, 0.1) is 24.6 Å². The zero-order valence-corrected chi connectivity index (χ0v) is 21.6. The van der Waals surface area contributed by atoms with E-state index in [1.165, 1.54) is 49.8 Å². The zero-order chi connectivity index (χ0) is 25.3. The van der Waals surface area contributed by atoms with Crippen molar-refractivity contribution in [3.63, 3.8) is 0 Å². The molecule has 0 aliphatic carbocycles. The Labute approximate surface area is 209 Å². The van der Waals surface area contributed by atoms with E-state index in [2.05, 4.69) is 95.1 Å².